The van der Waals surface area contributed by atoms with Crippen molar-refractivity contribution in [1.29, 1.82) is 0 Å². The highest BCUT2D eigenvalue weighted by Gasteiger charge is 2.11. The minimum atomic E-state index is -0.573. The fourth-order valence-electron chi connectivity index (χ4n) is 3.31. The van der Waals surface area contributed by atoms with Crippen LogP contribution in [0, 0.1) is 0 Å². The molecule has 0 aliphatic heterocycles. The second-order valence-electron chi connectivity index (χ2n) is 8.12. The molecule has 0 aliphatic carbocycles. The Kier molecular flexibility index (Phi) is 13.3. The number of rotatable bonds is 13. The van der Waals surface area contributed by atoms with Crippen molar-refractivity contribution < 1.29 is 0 Å². The molecule has 0 spiro atoms. The number of hydrogen-bond acceptors (Lipinski definition) is 6. The van der Waals surface area contributed by atoms with E-state index in [0.717, 1.165) is 50.1 Å². The van der Waals surface area contributed by atoms with Gasteiger partial charge in [-0.25, -0.2) is 4.99 Å². The summed E-state index contributed by atoms with van der Waals surface area (Å²) in [6.45, 7) is 1.54. The van der Waals surface area contributed by atoms with E-state index < -0.39 is 12.6 Å². The fraction of sp³-hybridized carbons (Fsp3) is 0.417. The molecule has 198 valence electrons. The van der Waals surface area contributed by atoms with Gasteiger partial charge in [0.1, 0.15) is 6.29 Å². The van der Waals surface area contributed by atoms with Crippen LogP contribution in [0.4, 0.5) is 11.4 Å². The molecule has 2 aromatic carbocycles. The van der Waals surface area contributed by atoms with Crippen molar-refractivity contribution in [2.75, 3.05) is 37.4 Å². The lowest BCUT2D eigenvalue weighted by Gasteiger charge is -2.25. The number of anilines is 2. The number of benzene rings is 2. The van der Waals surface area contributed by atoms with E-state index in [2.05, 4.69) is 31.3 Å². The standard InChI is InChI=1S/C24H38Cl2N10/c1-30-24(36(2)20-13-9-18(26)10-14-20)35-22(28)32-16-6-4-3-5-15-31-21(27)34-23(29)33-19-11-7-17(25)8-12-19/h7-14,21-22,31-32H,3-6,15-16,27-28H2,1-2H3,(H,30,35)(H3,29,33,34). The predicted octanol–water partition coefficient (Wildman–Crippen LogP) is 2.66. The Hall–Kier alpha value is -2.60. The summed E-state index contributed by atoms with van der Waals surface area (Å²) in [5, 5.41) is 13.9. The minimum Gasteiger partial charge on any atom is -0.370 e. The number of unbranched alkanes of at least 4 members (excludes halogenated alkanes) is 3. The van der Waals surface area contributed by atoms with Crippen LogP contribution < -0.4 is 43.4 Å². The van der Waals surface area contributed by atoms with Crippen molar-refractivity contribution in [3.05, 3.63) is 58.6 Å². The zero-order chi connectivity index (χ0) is 26.3. The molecule has 2 atom stereocenters. The van der Waals surface area contributed by atoms with E-state index in [4.69, 9.17) is 40.4 Å². The molecule has 0 heterocycles. The number of aliphatic imine (C=N–C) groups is 2. The number of guanidine groups is 2. The van der Waals surface area contributed by atoms with Gasteiger partial charge in [0, 0.05) is 35.5 Å². The van der Waals surface area contributed by atoms with E-state index in [1.807, 2.05) is 48.3 Å². The van der Waals surface area contributed by atoms with Crippen molar-refractivity contribution in [3.8, 4) is 0 Å². The predicted molar refractivity (Wildman–Crippen MR) is 153 cm³/mol. The van der Waals surface area contributed by atoms with E-state index >= 15 is 0 Å². The average molecular weight is 538 g/mol. The number of hydrogen-bond donors (Lipinski definition) is 7. The zero-order valence-electron chi connectivity index (χ0n) is 20.8. The third kappa shape index (κ3) is 11.4. The van der Waals surface area contributed by atoms with Gasteiger partial charge < -0.3 is 21.3 Å². The van der Waals surface area contributed by atoms with Crippen LogP contribution in [-0.2, 0) is 0 Å². The lowest BCUT2D eigenvalue weighted by atomic mass is 10.2. The van der Waals surface area contributed by atoms with Crippen LogP contribution in [0.1, 0.15) is 25.7 Å². The largest absolute Gasteiger partial charge is 0.370 e. The van der Waals surface area contributed by atoms with E-state index in [1.54, 1.807) is 19.2 Å². The van der Waals surface area contributed by atoms with Crippen LogP contribution in [0.3, 0.4) is 0 Å². The van der Waals surface area contributed by atoms with Gasteiger partial charge in [-0.1, -0.05) is 36.0 Å². The van der Waals surface area contributed by atoms with Crippen molar-refractivity contribution in [1.82, 2.24) is 16.0 Å². The maximum atomic E-state index is 6.17. The average Bonchev–Trinajstić information content (AvgIpc) is 2.85. The first-order chi connectivity index (χ1) is 17.3. The number of nitrogens with one attached hydrogen (secondary N) is 4. The summed E-state index contributed by atoms with van der Waals surface area (Å²) in [5.41, 5.74) is 19.8. The van der Waals surface area contributed by atoms with Gasteiger partial charge in [-0.3, -0.25) is 27.1 Å². The van der Waals surface area contributed by atoms with Crippen LogP contribution >= 0.6 is 23.2 Å². The van der Waals surface area contributed by atoms with E-state index in [9.17, 15) is 0 Å². The summed E-state index contributed by atoms with van der Waals surface area (Å²) >= 11 is 11.8. The van der Waals surface area contributed by atoms with Crippen LogP contribution in [-0.4, -0.2) is 51.7 Å². The van der Waals surface area contributed by atoms with Crippen molar-refractivity contribution in [2.45, 2.75) is 38.3 Å². The maximum Gasteiger partial charge on any atom is 0.200 e. The Labute approximate surface area is 223 Å². The van der Waals surface area contributed by atoms with Crippen molar-refractivity contribution in [3.63, 3.8) is 0 Å². The maximum absolute atomic E-state index is 6.17. The lowest BCUT2D eigenvalue weighted by Crippen LogP contribution is -2.55. The second-order valence-corrected chi connectivity index (χ2v) is 8.99. The highest BCUT2D eigenvalue weighted by molar-refractivity contribution is 6.31. The summed E-state index contributed by atoms with van der Waals surface area (Å²) in [7, 11) is 3.64. The number of nitrogens with zero attached hydrogens (tertiary/aromatic N) is 3. The summed E-state index contributed by atoms with van der Waals surface area (Å²) in [5.74, 6) is 0.898. The van der Waals surface area contributed by atoms with Gasteiger partial charge in [0.2, 0.25) is 0 Å². The van der Waals surface area contributed by atoms with Crippen molar-refractivity contribution in [2.24, 2.45) is 27.2 Å². The first-order valence-corrected chi connectivity index (χ1v) is 12.6. The molecule has 0 aliphatic rings. The normalized spacial score (nSPS) is 13.8. The summed E-state index contributed by atoms with van der Waals surface area (Å²) in [6, 6.07) is 14.7. The topological polar surface area (TPSA) is 154 Å². The zero-order valence-corrected chi connectivity index (χ0v) is 22.4. The summed E-state index contributed by atoms with van der Waals surface area (Å²) < 4.78 is 0. The molecule has 0 saturated carbocycles. The van der Waals surface area contributed by atoms with Crippen LogP contribution in [0.15, 0.2) is 58.5 Å². The molecule has 2 rings (SSSR count). The molecule has 0 saturated heterocycles. The smallest absolute Gasteiger partial charge is 0.200 e. The molecular formula is C24H38Cl2N10. The minimum absolute atomic E-state index is 0.240. The highest BCUT2D eigenvalue weighted by atomic mass is 35.5. The quantitative estimate of drug-likeness (QED) is 0.0891. The van der Waals surface area contributed by atoms with Gasteiger partial charge in [0.15, 0.2) is 18.2 Å². The summed E-state index contributed by atoms with van der Waals surface area (Å²) in [4.78, 5) is 10.4. The van der Waals surface area contributed by atoms with Crippen LogP contribution in [0.5, 0.6) is 0 Å². The Morgan fingerprint density at radius 1 is 0.889 bits per heavy atom. The molecule has 10 N–H and O–H groups in total. The van der Waals surface area contributed by atoms with Crippen molar-refractivity contribution >= 4 is 46.5 Å². The highest BCUT2D eigenvalue weighted by Crippen LogP contribution is 2.17. The van der Waals surface area contributed by atoms with Gasteiger partial charge in [0.25, 0.3) is 0 Å². The first-order valence-electron chi connectivity index (χ1n) is 11.8. The Balaban J connectivity index is 1.55. The van der Waals surface area contributed by atoms with E-state index in [-0.39, 0.29) is 5.96 Å². The van der Waals surface area contributed by atoms with Gasteiger partial charge >= 0.3 is 0 Å². The van der Waals surface area contributed by atoms with Gasteiger partial charge in [-0.15, -0.1) is 0 Å². The monoisotopic (exact) mass is 536 g/mol. The van der Waals surface area contributed by atoms with Gasteiger partial charge in [-0.05, 0) is 74.5 Å². The lowest BCUT2D eigenvalue weighted by molar-refractivity contribution is 0.471. The SMILES string of the molecule is CN=C(NC(N)NCCCCCCNC(N)N=C(N)Nc1ccc(Cl)cc1)N(C)c1ccc(Cl)cc1. The van der Waals surface area contributed by atoms with Crippen LogP contribution in [0.2, 0.25) is 10.0 Å². The Bertz CT molecular complexity index is 950. The first kappa shape index (κ1) is 29.6. The molecule has 2 aromatic rings. The third-order valence-electron chi connectivity index (χ3n) is 5.24. The molecule has 0 radical (unpaired) electrons. The summed E-state index contributed by atoms with van der Waals surface area (Å²) in [6.07, 6.45) is 3.13. The van der Waals surface area contributed by atoms with Crippen LogP contribution in [0.25, 0.3) is 0 Å². The van der Waals surface area contributed by atoms with Gasteiger partial charge in [-0.2, -0.15) is 0 Å². The number of halogens is 2. The fourth-order valence-corrected chi connectivity index (χ4v) is 3.56. The molecule has 0 fully saturated rings. The molecule has 0 bridgehead atoms. The molecule has 2 unspecified atom stereocenters. The Morgan fingerprint density at radius 3 is 2.03 bits per heavy atom. The molecule has 0 amide bonds. The molecular weight excluding hydrogens is 499 g/mol. The molecule has 10 nitrogen and oxygen atoms in total. The van der Waals surface area contributed by atoms with Gasteiger partial charge in [0.05, 0.1) is 0 Å². The second kappa shape index (κ2) is 16.2. The number of nitrogens with two attached hydrogens (primary N) is 3. The Morgan fingerprint density at radius 2 is 1.44 bits per heavy atom. The third-order valence-corrected chi connectivity index (χ3v) is 5.75. The molecule has 12 heteroatoms. The molecule has 36 heavy (non-hydrogen) atoms. The van der Waals surface area contributed by atoms with E-state index in [1.165, 1.54) is 0 Å². The molecule has 0 aromatic heterocycles. The van der Waals surface area contributed by atoms with E-state index in [0.29, 0.717) is 16.0 Å².